The monoisotopic (exact) mass is 341 g/mol. The van der Waals surface area contributed by atoms with E-state index in [4.69, 9.17) is 11.6 Å². The van der Waals surface area contributed by atoms with Crippen molar-refractivity contribution in [1.29, 1.82) is 0 Å². The van der Waals surface area contributed by atoms with E-state index in [0.29, 0.717) is 17.3 Å². The van der Waals surface area contributed by atoms with Gasteiger partial charge < -0.3 is 5.32 Å². The number of nitro benzene ring substituents is 1. The smallest absolute Gasteiger partial charge is 0.292 e. The number of benzene rings is 1. The zero-order valence-corrected chi connectivity index (χ0v) is 12.0. The molecule has 0 spiro atoms. The molecule has 0 atom stereocenters. The van der Waals surface area contributed by atoms with E-state index in [0.717, 1.165) is 10.2 Å². The molecule has 0 fully saturated rings. The lowest BCUT2D eigenvalue weighted by Gasteiger charge is -2.07. The Morgan fingerprint density at radius 3 is 2.79 bits per heavy atom. The van der Waals surface area contributed by atoms with Gasteiger partial charge in [0, 0.05) is 21.8 Å². The summed E-state index contributed by atoms with van der Waals surface area (Å²) in [4.78, 5) is 14.6. The highest BCUT2D eigenvalue weighted by atomic mass is 79.9. The Morgan fingerprint density at radius 2 is 2.16 bits per heavy atom. The molecular formula is C12H9BrClN3O2. The highest BCUT2D eigenvalue weighted by Crippen LogP contribution is 2.27. The first kappa shape index (κ1) is 13.8. The second kappa shape index (κ2) is 5.99. The van der Waals surface area contributed by atoms with Gasteiger partial charge in [-0.2, -0.15) is 0 Å². The van der Waals surface area contributed by atoms with Gasteiger partial charge in [0.1, 0.15) is 5.69 Å². The summed E-state index contributed by atoms with van der Waals surface area (Å²) in [5.41, 5.74) is 1.14. The number of aromatic nitrogens is 1. The van der Waals surface area contributed by atoms with Crippen molar-refractivity contribution in [2.75, 3.05) is 5.32 Å². The third-order valence-electron chi connectivity index (χ3n) is 2.40. The molecule has 0 unspecified atom stereocenters. The summed E-state index contributed by atoms with van der Waals surface area (Å²) >= 11 is 9.13. The molecule has 0 aliphatic heterocycles. The Hall–Kier alpha value is -1.66. The standard InChI is InChI=1S/C12H9BrClN3O2/c13-8-1-3-10(15-6-8)7-16-11-5-9(14)2-4-12(11)17(18)19/h1-6,16H,7H2. The Kier molecular flexibility index (Phi) is 4.34. The number of hydrogen-bond donors (Lipinski definition) is 1. The molecular weight excluding hydrogens is 334 g/mol. The van der Waals surface area contributed by atoms with Crippen LogP contribution in [0.1, 0.15) is 5.69 Å². The maximum absolute atomic E-state index is 10.9. The van der Waals surface area contributed by atoms with Crippen LogP contribution in [0.5, 0.6) is 0 Å². The van der Waals surface area contributed by atoms with Gasteiger partial charge in [-0.3, -0.25) is 15.1 Å². The maximum Gasteiger partial charge on any atom is 0.292 e. The fraction of sp³-hybridized carbons (Fsp3) is 0.0833. The van der Waals surface area contributed by atoms with E-state index in [1.54, 1.807) is 6.20 Å². The molecule has 7 heteroatoms. The molecule has 1 N–H and O–H groups in total. The summed E-state index contributed by atoms with van der Waals surface area (Å²) in [7, 11) is 0. The van der Waals surface area contributed by atoms with Crippen molar-refractivity contribution in [2.45, 2.75) is 6.54 Å². The molecule has 1 aromatic heterocycles. The van der Waals surface area contributed by atoms with Crippen molar-refractivity contribution in [3.05, 3.63) is 61.8 Å². The predicted molar refractivity (Wildman–Crippen MR) is 77.4 cm³/mol. The van der Waals surface area contributed by atoms with Crippen LogP contribution in [0.2, 0.25) is 5.02 Å². The van der Waals surface area contributed by atoms with E-state index in [1.807, 2.05) is 12.1 Å². The second-order valence-electron chi connectivity index (χ2n) is 3.74. The molecule has 98 valence electrons. The van der Waals surface area contributed by atoms with Crippen molar-refractivity contribution in [2.24, 2.45) is 0 Å². The van der Waals surface area contributed by atoms with Gasteiger partial charge in [0.05, 0.1) is 17.2 Å². The molecule has 0 saturated carbocycles. The van der Waals surface area contributed by atoms with Gasteiger partial charge in [0.25, 0.3) is 5.69 Å². The third kappa shape index (κ3) is 3.65. The zero-order valence-electron chi connectivity index (χ0n) is 9.64. The minimum absolute atomic E-state index is 0.0125. The zero-order chi connectivity index (χ0) is 13.8. The topological polar surface area (TPSA) is 68.1 Å². The second-order valence-corrected chi connectivity index (χ2v) is 5.09. The number of nitrogens with zero attached hydrogens (tertiary/aromatic N) is 2. The number of halogens is 2. The number of rotatable bonds is 4. The van der Waals surface area contributed by atoms with Gasteiger partial charge in [-0.25, -0.2) is 0 Å². The Morgan fingerprint density at radius 1 is 1.37 bits per heavy atom. The lowest BCUT2D eigenvalue weighted by Crippen LogP contribution is -2.04. The predicted octanol–water partition coefficient (Wildman–Crippen LogP) is 4.02. The van der Waals surface area contributed by atoms with Crippen LogP contribution < -0.4 is 5.32 Å². The first-order valence-corrected chi connectivity index (χ1v) is 6.51. The molecule has 0 saturated heterocycles. The van der Waals surface area contributed by atoms with Crippen molar-refractivity contribution < 1.29 is 4.92 Å². The van der Waals surface area contributed by atoms with E-state index in [1.165, 1.54) is 18.2 Å². The molecule has 2 aromatic rings. The fourth-order valence-electron chi connectivity index (χ4n) is 1.51. The van der Waals surface area contributed by atoms with Crippen molar-refractivity contribution in [3.63, 3.8) is 0 Å². The van der Waals surface area contributed by atoms with Crippen LogP contribution in [0.25, 0.3) is 0 Å². The SMILES string of the molecule is O=[N+]([O-])c1ccc(Cl)cc1NCc1ccc(Br)cn1. The first-order chi connectivity index (χ1) is 9.06. The molecule has 1 heterocycles. The van der Waals surface area contributed by atoms with Crippen molar-refractivity contribution in [3.8, 4) is 0 Å². The van der Waals surface area contributed by atoms with E-state index in [9.17, 15) is 10.1 Å². The largest absolute Gasteiger partial charge is 0.374 e. The Labute approximate surface area is 122 Å². The average Bonchev–Trinajstić information content (AvgIpc) is 2.38. The van der Waals surface area contributed by atoms with E-state index < -0.39 is 4.92 Å². The highest BCUT2D eigenvalue weighted by molar-refractivity contribution is 9.10. The summed E-state index contributed by atoms with van der Waals surface area (Å²) in [6.07, 6.45) is 1.67. The minimum atomic E-state index is -0.451. The number of hydrogen-bond acceptors (Lipinski definition) is 4. The molecule has 0 aliphatic carbocycles. The lowest BCUT2D eigenvalue weighted by molar-refractivity contribution is -0.384. The van der Waals surface area contributed by atoms with E-state index in [2.05, 4.69) is 26.2 Å². The minimum Gasteiger partial charge on any atom is -0.374 e. The summed E-state index contributed by atoms with van der Waals surface area (Å²) in [5, 5.41) is 14.3. The number of pyridine rings is 1. The van der Waals surface area contributed by atoms with Crippen molar-refractivity contribution >= 4 is 38.9 Å². The molecule has 19 heavy (non-hydrogen) atoms. The third-order valence-corrected chi connectivity index (χ3v) is 3.11. The van der Waals surface area contributed by atoms with Gasteiger partial charge in [-0.1, -0.05) is 11.6 Å². The van der Waals surface area contributed by atoms with Gasteiger partial charge in [-0.05, 0) is 40.2 Å². The van der Waals surface area contributed by atoms with Crippen LogP contribution in [0.15, 0.2) is 41.0 Å². The van der Waals surface area contributed by atoms with Gasteiger partial charge in [0.2, 0.25) is 0 Å². The van der Waals surface area contributed by atoms with Gasteiger partial charge in [-0.15, -0.1) is 0 Å². The Balaban J connectivity index is 2.16. The van der Waals surface area contributed by atoms with Crippen LogP contribution in [-0.4, -0.2) is 9.91 Å². The molecule has 0 aliphatic rings. The van der Waals surface area contributed by atoms with Crippen LogP contribution in [-0.2, 0) is 6.54 Å². The van der Waals surface area contributed by atoms with Crippen LogP contribution in [0, 0.1) is 10.1 Å². The summed E-state index contributed by atoms with van der Waals surface area (Å²) in [6, 6.07) is 8.07. The lowest BCUT2D eigenvalue weighted by atomic mass is 10.2. The summed E-state index contributed by atoms with van der Waals surface area (Å²) in [5.74, 6) is 0. The number of anilines is 1. The molecule has 5 nitrogen and oxygen atoms in total. The average molecular weight is 343 g/mol. The van der Waals surface area contributed by atoms with Crippen LogP contribution in [0.3, 0.4) is 0 Å². The van der Waals surface area contributed by atoms with Crippen LogP contribution in [0.4, 0.5) is 11.4 Å². The molecule has 0 amide bonds. The van der Waals surface area contributed by atoms with E-state index in [-0.39, 0.29) is 5.69 Å². The highest BCUT2D eigenvalue weighted by Gasteiger charge is 2.13. The van der Waals surface area contributed by atoms with Crippen molar-refractivity contribution in [1.82, 2.24) is 4.98 Å². The normalized spacial score (nSPS) is 10.2. The summed E-state index contributed by atoms with van der Waals surface area (Å²) in [6.45, 7) is 0.383. The number of nitrogens with one attached hydrogen (secondary N) is 1. The van der Waals surface area contributed by atoms with Crippen LogP contribution >= 0.6 is 27.5 Å². The molecule has 1 aromatic carbocycles. The quantitative estimate of drug-likeness (QED) is 0.673. The summed E-state index contributed by atoms with van der Waals surface area (Å²) < 4.78 is 0.880. The first-order valence-electron chi connectivity index (χ1n) is 5.34. The van der Waals surface area contributed by atoms with E-state index >= 15 is 0 Å². The van der Waals surface area contributed by atoms with Gasteiger partial charge in [0.15, 0.2) is 0 Å². The maximum atomic E-state index is 10.9. The Bertz CT molecular complexity index is 604. The number of nitro groups is 1. The van der Waals surface area contributed by atoms with Gasteiger partial charge >= 0.3 is 0 Å². The fourth-order valence-corrected chi connectivity index (χ4v) is 1.91. The molecule has 2 rings (SSSR count). The molecule has 0 radical (unpaired) electrons. The molecule has 0 bridgehead atoms.